The monoisotopic (exact) mass is 236 g/mol. The minimum atomic E-state index is 0.535. The average molecular weight is 236 g/mol. The molecule has 1 unspecified atom stereocenters. The van der Waals surface area contributed by atoms with Crippen molar-refractivity contribution in [3.63, 3.8) is 0 Å². The minimum absolute atomic E-state index is 0.535. The van der Waals surface area contributed by atoms with Gasteiger partial charge >= 0.3 is 0 Å². The standard InChI is InChI=1S/C13H24N4/c1-14-13(16-12-5-3-4-6-12)15-9-11-7-8-17(2)10-11/h3-4,11-12H,5-10H2,1-2H3,(H2,14,15,16). The summed E-state index contributed by atoms with van der Waals surface area (Å²) in [4.78, 5) is 6.68. The van der Waals surface area contributed by atoms with Crippen LogP contribution in [0.25, 0.3) is 0 Å². The van der Waals surface area contributed by atoms with Crippen LogP contribution in [0, 0.1) is 5.92 Å². The van der Waals surface area contributed by atoms with Crippen LogP contribution >= 0.6 is 0 Å². The van der Waals surface area contributed by atoms with Crippen LogP contribution in [0.15, 0.2) is 17.1 Å². The topological polar surface area (TPSA) is 39.7 Å². The Morgan fingerprint density at radius 2 is 2.18 bits per heavy atom. The summed E-state index contributed by atoms with van der Waals surface area (Å²) in [5.74, 6) is 1.72. The Kier molecular flexibility index (Phi) is 4.42. The number of hydrogen-bond acceptors (Lipinski definition) is 2. The number of nitrogens with zero attached hydrogens (tertiary/aromatic N) is 2. The predicted octanol–water partition coefficient (Wildman–Crippen LogP) is 0.822. The van der Waals surface area contributed by atoms with Crippen LogP contribution in [0.5, 0.6) is 0 Å². The summed E-state index contributed by atoms with van der Waals surface area (Å²) in [6, 6.07) is 0.535. The third-order valence-corrected chi connectivity index (χ3v) is 3.62. The molecule has 0 aromatic carbocycles. The Bertz CT molecular complexity index is 290. The number of aliphatic imine (C=N–C) groups is 1. The SMILES string of the molecule is CN=C(NCC1CCN(C)C1)NC1CC=CC1. The van der Waals surface area contributed by atoms with E-state index in [0.717, 1.165) is 31.3 Å². The van der Waals surface area contributed by atoms with Gasteiger partial charge in [0.1, 0.15) is 0 Å². The molecule has 1 heterocycles. The summed E-state index contributed by atoms with van der Waals surface area (Å²) in [6.45, 7) is 3.46. The van der Waals surface area contributed by atoms with Gasteiger partial charge in [-0.2, -0.15) is 0 Å². The van der Waals surface area contributed by atoms with Crippen molar-refractivity contribution in [2.75, 3.05) is 33.7 Å². The van der Waals surface area contributed by atoms with Gasteiger partial charge < -0.3 is 15.5 Å². The van der Waals surface area contributed by atoms with E-state index in [-0.39, 0.29) is 0 Å². The first-order valence-corrected chi connectivity index (χ1v) is 6.58. The molecule has 0 radical (unpaired) electrons. The highest BCUT2D eigenvalue weighted by molar-refractivity contribution is 5.80. The fourth-order valence-electron chi connectivity index (χ4n) is 2.56. The lowest BCUT2D eigenvalue weighted by Crippen LogP contribution is -2.44. The van der Waals surface area contributed by atoms with E-state index < -0.39 is 0 Å². The molecule has 2 rings (SSSR count). The lowest BCUT2D eigenvalue weighted by Gasteiger charge is -2.18. The molecule has 1 aliphatic carbocycles. The van der Waals surface area contributed by atoms with Crippen molar-refractivity contribution in [2.45, 2.75) is 25.3 Å². The molecule has 1 aliphatic heterocycles. The van der Waals surface area contributed by atoms with Crippen LogP contribution in [0.3, 0.4) is 0 Å². The highest BCUT2D eigenvalue weighted by Gasteiger charge is 2.19. The van der Waals surface area contributed by atoms with Crippen LogP contribution in [0.4, 0.5) is 0 Å². The first-order chi connectivity index (χ1) is 8.28. The maximum Gasteiger partial charge on any atom is 0.191 e. The number of rotatable bonds is 3. The Balaban J connectivity index is 1.68. The summed E-state index contributed by atoms with van der Waals surface area (Å²) in [5.41, 5.74) is 0. The molecule has 0 bridgehead atoms. The lowest BCUT2D eigenvalue weighted by molar-refractivity contribution is 0.393. The van der Waals surface area contributed by atoms with Crippen molar-refractivity contribution >= 4 is 5.96 Å². The molecule has 0 spiro atoms. The molecule has 4 nitrogen and oxygen atoms in total. The summed E-state index contributed by atoms with van der Waals surface area (Å²) in [6.07, 6.45) is 8.00. The fraction of sp³-hybridized carbons (Fsp3) is 0.769. The zero-order valence-electron chi connectivity index (χ0n) is 10.9. The maximum atomic E-state index is 4.28. The van der Waals surface area contributed by atoms with Gasteiger partial charge in [0, 0.05) is 26.2 Å². The Morgan fingerprint density at radius 3 is 2.76 bits per heavy atom. The second kappa shape index (κ2) is 6.05. The van der Waals surface area contributed by atoms with E-state index >= 15 is 0 Å². The van der Waals surface area contributed by atoms with Crippen molar-refractivity contribution in [2.24, 2.45) is 10.9 Å². The normalized spacial score (nSPS) is 26.7. The molecule has 1 saturated heterocycles. The number of nitrogens with one attached hydrogen (secondary N) is 2. The molecule has 0 saturated carbocycles. The van der Waals surface area contributed by atoms with Gasteiger partial charge in [0.15, 0.2) is 5.96 Å². The maximum absolute atomic E-state index is 4.28. The summed E-state index contributed by atoms with van der Waals surface area (Å²) in [7, 11) is 4.04. The third-order valence-electron chi connectivity index (χ3n) is 3.62. The minimum Gasteiger partial charge on any atom is -0.356 e. The molecule has 1 atom stereocenters. The Morgan fingerprint density at radius 1 is 1.41 bits per heavy atom. The van der Waals surface area contributed by atoms with E-state index in [1.54, 1.807) is 0 Å². The number of hydrogen-bond donors (Lipinski definition) is 2. The largest absolute Gasteiger partial charge is 0.356 e. The molecule has 2 N–H and O–H groups in total. The van der Waals surface area contributed by atoms with E-state index in [1.807, 2.05) is 7.05 Å². The average Bonchev–Trinajstić information content (AvgIpc) is 2.96. The molecule has 17 heavy (non-hydrogen) atoms. The van der Waals surface area contributed by atoms with Gasteiger partial charge in [-0.15, -0.1) is 0 Å². The van der Waals surface area contributed by atoms with Gasteiger partial charge in [0.25, 0.3) is 0 Å². The second-order valence-corrected chi connectivity index (χ2v) is 5.15. The summed E-state index contributed by atoms with van der Waals surface area (Å²) < 4.78 is 0. The van der Waals surface area contributed by atoms with Gasteiger partial charge in [0.05, 0.1) is 0 Å². The molecule has 2 aliphatic rings. The number of likely N-dealkylation sites (tertiary alicyclic amines) is 1. The molecular formula is C13H24N4. The van der Waals surface area contributed by atoms with E-state index in [9.17, 15) is 0 Å². The van der Waals surface area contributed by atoms with Gasteiger partial charge in [-0.1, -0.05) is 12.2 Å². The zero-order chi connectivity index (χ0) is 12.1. The highest BCUT2D eigenvalue weighted by atomic mass is 15.2. The molecule has 4 heteroatoms. The van der Waals surface area contributed by atoms with Gasteiger partial charge in [0.2, 0.25) is 0 Å². The van der Waals surface area contributed by atoms with Crippen LogP contribution in [-0.4, -0.2) is 50.6 Å². The quantitative estimate of drug-likeness (QED) is 0.433. The molecule has 0 amide bonds. The fourth-order valence-corrected chi connectivity index (χ4v) is 2.56. The zero-order valence-corrected chi connectivity index (χ0v) is 10.9. The lowest BCUT2D eigenvalue weighted by atomic mass is 10.1. The molecule has 0 aromatic heterocycles. The molecule has 0 aromatic rings. The predicted molar refractivity (Wildman–Crippen MR) is 72.3 cm³/mol. The highest BCUT2D eigenvalue weighted by Crippen LogP contribution is 2.13. The van der Waals surface area contributed by atoms with E-state index in [0.29, 0.717) is 6.04 Å². The molecule has 96 valence electrons. The van der Waals surface area contributed by atoms with Gasteiger partial charge in [-0.3, -0.25) is 4.99 Å². The Labute approximate surface area is 104 Å². The van der Waals surface area contributed by atoms with E-state index in [4.69, 9.17) is 0 Å². The van der Waals surface area contributed by atoms with Crippen molar-refractivity contribution in [1.29, 1.82) is 0 Å². The van der Waals surface area contributed by atoms with Gasteiger partial charge in [-0.25, -0.2) is 0 Å². The summed E-state index contributed by atoms with van der Waals surface area (Å²) >= 11 is 0. The van der Waals surface area contributed by atoms with Crippen molar-refractivity contribution in [3.8, 4) is 0 Å². The van der Waals surface area contributed by atoms with Crippen LogP contribution < -0.4 is 10.6 Å². The van der Waals surface area contributed by atoms with E-state index in [2.05, 4.69) is 39.7 Å². The van der Waals surface area contributed by atoms with Crippen LogP contribution in [-0.2, 0) is 0 Å². The first-order valence-electron chi connectivity index (χ1n) is 6.58. The number of guanidine groups is 1. The van der Waals surface area contributed by atoms with E-state index in [1.165, 1.54) is 19.5 Å². The van der Waals surface area contributed by atoms with Crippen molar-refractivity contribution < 1.29 is 0 Å². The Hall–Kier alpha value is -1.03. The molecule has 1 fully saturated rings. The second-order valence-electron chi connectivity index (χ2n) is 5.15. The van der Waals surface area contributed by atoms with Crippen molar-refractivity contribution in [3.05, 3.63) is 12.2 Å². The molecular weight excluding hydrogens is 212 g/mol. The van der Waals surface area contributed by atoms with Crippen LogP contribution in [0.1, 0.15) is 19.3 Å². The summed E-state index contributed by atoms with van der Waals surface area (Å²) in [5, 5.41) is 6.91. The van der Waals surface area contributed by atoms with Crippen molar-refractivity contribution in [1.82, 2.24) is 15.5 Å². The van der Waals surface area contributed by atoms with Gasteiger partial charge in [-0.05, 0) is 38.8 Å². The smallest absolute Gasteiger partial charge is 0.191 e. The third kappa shape index (κ3) is 3.73. The van der Waals surface area contributed by atoms with Crippen LogP contribution in [0.2, 0.25) is 0 Å². The first kappa shape index (κ1) is 12.4.